The van der Waals surface area contributed by atoms with Crippen LogP contribution in [0.25, 0.3) is 0 Å². The Balaban J connectivity index is 1.19. The molecule has 2 aromatic rings. The lowest BCUT2D eigenvalue weighted by atomic mass is 10.0. The summed E-state index contributed by atoms with van der Waals surface area (Å²) in [5.74, 6) is 0.148. The average Bonchev–Trinajstić information content (AvgIpc) is 3.15. The molecule has 0 spiro atoms. The number of thioether (sulfide) groups is 1. The number of anilines is 1. The standard InChI is InChI=1S/C22H25N3O2S/c26-21(23-17-7-2-1-3-8-17)15-25-12-10-18(11-13-25)24-22(27)20-14-16-6-4-5-9-19(16)28-20/h1-9,18,20H,10-15H2,(H,23,26)(H,24,27)/t20-/m0/s1. The highest BCUT2D eigenvalue weighted by Crippen LogP contribution is 2.36. The first kappa shape index (κ1) is 19.0. The van der Waals surface area contributed by atoms with E-state index in [1.807, 2.05) is 42.5 Å². The maximum Gasteiger partial charge on any atom is 0.238 e. The van der Waals surface area contributed by atoms with Crippen LogP contribution in [0.15, 0.2) is 59.5 Å². The second kappa shape index (κ2) is 8.80. The van der Waals surface area contributed by atoms with Gasteiger partial charge in [0, 0.05) is 29.7 Å². The van der Waals surface area contributed by atoms with E-state index in [0.29, 0.717) is 6.54 Å². The predicted molar refractivity (Wildman–Crippen MR) is 112 cm³/mol. The van der Waals surface area contributed by atoms with Crippen LogP contribution in [0.5, 0.6) is 0 Å². The summed E-state index contributed by atoms with van der Waals surface area (Å²) in [6.45, 7) is 2.04. The van der Waals surface area contributed by atoms with Gasteiger partial charge in [-0.2, -0.15) is 0 Å². The normalized spacial score (nSPS) is 19.8. The molecule has 2 aliphatic rings. The number of benzene rings is 2. The number of nitrogens with one attached hydrogen (secondary N) is 2. The fraction of sp³-hybridized carbons (Fsp3) is 0.364. The highest BCUT2D eigenvalue weighted by atomic mass is 32.2. The molecule has 146 valence electrons. The molecular formula is C22H25N3O2S. The van der Waals surface area contributed by atoms with E-state index in [2.05, 4.69) is 27.7 Å². The molecule has 0 bridgehead atoms. The summed E-state index contributed by atoms with van der Waals surface area (Å²) in [4.78, 5) is 28.2. The fourth-order valence-corrected chi connectivity index (χ4v) is 4.99. The monoisotopic (exact) mass is 395 g/mol. The molecule has 2 N–H and O–H groups in total. The molecule has 0 radical (unpaired) electrons. The summed E-state index contributed by atoms with van der Waals surface area (Å²) in [5.41, 5.74) is 2.09. The van der Waals surface area contributed by atoms with Gasteiger partial charge in [0.2, 0.25) is 11.8 Å². The van der Waals surface area contributed by atoms with Crippen LogP contribution in [0.1, 0.15) is 18.4 Å². The Labute approximate surface area is 169 Å². The highest BCUT2D eigenvalue weighted by molar-refractivity contribution is 8.01. The van der Waals surface area contributed by atoms with E-state index in [4.69, 9.17) is 0 Å². The van der Waals surface area contributed by atoms with Crippen molar-refractivity contribution in [3.8, 4) is 0 Å². The van der Waals surface area contributed by atoms with Crippen molar-refractivity contribution in [3.05, 3.63) is 60.2 Å². The van der Waals surface area contributed by atoms with Crippen LogP contribution in [0.3, 0.4) is 0 Å². The van der Waals surface area contributed by atoms with E-state index in [9.17, 15) is 9.59 Å². The van der Waals surface area contributed by atoms with Gasteiger partial charge < -0.3 is 10.6 Å². The minimum atomic E-state index is -0.0212. The Bertz CT molecular complexity index is 810. The van der Waals surface area contributed by atoms with Gasteiger partial charge in [-0.15, -0.1) is 11.8 Å². The molecule has 2 amide bonds. The molecule has 1 atom stereocenters. The number of amides is 2. The topological polar surface area (TPSA) is 61.4 Å². The van der Waals surface area contributed by atoms with Crippen molar-refractivity contribution in [2.75, 3.05) is 25.0 Å². The van der Waals surface area contributed by atoms with Gasteiger partial charge >= 0.3 is 0 Å². The molecule has 0 unspecified atom stereocenters. The van der Waals surface area contributed by atoms with Crippen LogP contribution in [0.4, 0.5) is 5.69 Å². The number of nitrogens with zero attached hydrogens (tertiary/aromatic N) is 1. The molecular weight excluding hydrogens is 370 g/mol. The zero-order valence-electron chi connectivity index (χ0n) is 15.8. The lowest BCUT2D eigenvalue weighted by Gasteiger charge is -2.32. The summed E-state index contributed by atoms with van der Waals surface area (Å²) in [5, 5.41) is 6.13. The van der Waals surface area contributed by atoms with Crippen LogP contribution < -0.4 is 10.6 Å². The zero-order chi connectivity index (χ0) is 19.3. The molecule has 28 heavy (non-hydrogen) atoms. The van der Waals surface area contributed by atoms with E-state index in [0.717, 1.165) is 38.0 Å². The molecule has 6 heteroatoms. The van der Waals surface area contributed by atoms with Gasteiger partial charge in [-0.25, -0.2) is 0 Å². The average molecular weight is 396 g/mol. The second-order valence-corrected chi connectivity index (χ2v) is 8.64. The van der Waals surface area contributed by atoms with Gasteiger partial charge in [-0.1, -0.05) is 36.4 Å². The van der Waals surface area contributed by atoms with Crippen LogP contribution >= 0.6 is 11.8 Å². The lowest BCUT2D eigenvalue weighted by molar-refractivity contribution is -0.122. The summed E-state index contributed by atoms with van der Waals surface area (Å²) in [6.07, 6.45) is 2.58. The summed E-state index contributed by atoms with van der Waals surface area (Å²) in [7, 11) is 0. The molecule has 0 aliphatic carbocycles. The van der Waals surface area contributed by atoms with Crippen molar-refractivity contribution < 1.29 is 9.59 Å². The lowest BCUT2D eigenvalue weighted by Crippen LogP contribution is -2.48. The highest BCUT2D eigenvalue weighted by Gasteiger charge is 2.30. The fourth-order valence-electron chi connectivity index (χ4n) is 3.78. The zero-order valence-corrected chi connectivity index (χ0v) is 16.6. The van der Waals surface area contributed by atoms with Crippen LogP contribution in [-0.2, 0) is 16.0 Å². The van der Waals surface area contributed by atoms with E-state index in [-0.39, 0.29) is 23.1 Å². The van der Waals surface area contributed by atoms with E-state index >= 15 is 0 Å². The van der Waals surface area contributed by atoms with Crippen LogP contribution in [0.2, 0.25) is 0 Å². The number of hydrogen-bond donors (Lipinski definition) is 2. The minimum absolute atomic E-state index is 0.00815. The smallest absolute Gasteiger partial charge is 0.238 e. The van der Waals surface area contributed by atoms with Gasteiger partial charge in [0.1, 0.15) is 0 Å². The Hall–Kier alpha value is -2.31. The van der Waals surface area contributed by atoms with Crippen molar-refractivity contribution in [1.29, 1.82) is 0 Å². The maximum absolute atomic E-state index is 12.6. The molecule has 4 rings (SSSR count). The van der Waals surface area contributed by atoms with Gasteiger partial charge in [-0.05, 0) is 43.0 Å². The van der Waals surface area contributed by atoms with Crippen molar-refractivity contribution in [2.24, 2.45) is 0 Å². The quantitative estimate of drug-likeness (QED) is 0.817. The van der Waals surface area contributed by atoms with Gasteiger partial charge in [-0.3, -0.25) is 14.5 Å². The number of likely N-dealkylation sites (tertiary alicyclic amines) is 1. The first-order valence-electron chi connectivity index (χ1n) is 9.79. The van der Waals surface area contributed by atoms with Gasteiger partial charge in [0.15, 0.2) is 0 Å². The largest absolute Gasteiger partial charge is 0.352 e. The molecule has 5 nitrogen and oxygen atoms in total. The Morgan fingerprint density at radius 3 is 2.46 bits per heavy atom. The Morgan fingerprint density at radius 2 is 1.71 bits per heavy atom. The maximum atomic E-state index is 12.6. The van der Waals surface area contributed by atoms with Crippen LogP contribution in [0, 0.1) is 0 Å². The molecule has 2 aliphatic heterocycles. The van der Waals surface area contributed by atoms with Crippen molar-refractivity contribution >= 4 is 29.3 Å². The number of carbonyl (C=O) groups excluding carboxylic acids is 2. The SMILES string of the molecule is O=C(CN1CCC(NC(=O)[C@@H]2Cc3ccccc3S2)CC1)Nc1ccccc1. The molecule has 0 aromatic heterocycles. The second-order valence-electron chi connectivity index (χ2n) is 7.39. The van der Waals surface area contributed by atoms with E-state index in [1.165, 1.54) is 10.5 Å². The molecule has 0 saturated carbocycles. The molecule has 2 aromatic carbocycles. The predicted octanol–water partition coefficient (Wildman–Crippen LogP) is 2.92. The summed E-state index contributed by atoms with van der Waals surface area (Å²) >= 11 is 1.67. The number of piperidine rings is 1. The Morgan fingerprint density at radius 1 is 1.00 bits per heavy atom. The van der Waals surface area contributed by atoms with E-state index < -0.39 is 0 Å². The third kappa shape index (κ3) is 4.75. The minimum Gasteiger partial charge on any atom is -0.352 e. The van der Waals surface area contributed by atoms with Crippen molar-refractivity contribution in [2.45, 2.75) is 35.4 Å². The first-order chi connectivity index (χ1) is 13.7. The molecule has 1 fully saturated rings. The van der Waals surface area contributed by atoms with Crippen LogP contribution in [-0.4, -0.2) is 47.6 Å². The summed E-state index contributed by atoms with van der Waals surface area (Å²) in [6, 6.07) is 18.0. The first-order valence-corrected chi connectivity index (χ1v) is 10.7. The summed E-state index contributed by atoms with van der Waals surface area (Å²) < 4.78 is 0. The third-order valence-corrected chi connectivity index (χ3v) is 6.62. The number of para-hydroxylation sites is 1. The van der Waals surface area contributed by atoms with E-state index in [1.54, 1.807) is 11.8 Å². The Kier molecular flexibility index (Phi) is 5.98. The number of hydrogen-bond acceptors (Lipinski definition) is 4. The van der Waals surface area contributed by atoms with Crippen molar-refractivity contribution in [1.82, 2.24) is 10.2 Å². The molecule has 1 saturated heterocycles. The van der Waals surface area contributed by atoms with Gasteiger partial charge in [0.05, 0.1) is 11.8 Å². The van der Waals surface area contributed by atoms with Crippen molar-refractivity contribution in [3.63, 3.8) is 0 Å². The molecule has 2 heterocycles. The number of fused-ring (bicyclic) bond motifs is 1. The third-order valence-electron chi connectivity index (χ3n) is 5.30. The van der Waals surface area contributed by atoms with Gasteiger partial charge in [0.25, 0.3) is 0 Å². The number of carbonyl (C=O) groups is 2. The number of rotatable bonds is 5.